The molecule has 2 rings (SSSR count). The molecule has 0 bridgehead atoms. The molecular weight excluding hydrogens is 304 g/mol. The number of rotatable bonds is 4. The maximum atomic E-state index is 12.5. The van der Waals surface area contributed by atoms with Crippen LogP contribution in [-0.4, -0.2) is 42.5 Å². The van der Waals surface area contributed by atoms with Crippen molar-refractivity contribution in [2.75, 3.05) is 25.1 Å². The molecule has 1 aliphatic heterocycles. The Morgan fingerprint density at radius 3 is 2.95 bits per heavy atom. The largest absolute Gasteiger partial charge is 0.396 e. The highest BCUT2D eigenvalue weighted by Gasteiger charge is 2.30. The van der Waals surface area contributed by atoms with E-state index < -0.39 is 10.0 Å². The van der Waals surface area contributed by atoms with Crippen molar-refractivity contribution in [3.63, 3.8) is 0 Å². The van der Waals surface area contributed by atoms with Crippen molar-refractivity contribution in [3.8, 4) is 0 Å². The van der Waals surface area contributed by atoms with Gasteiger partial charge in [0.05, 0.1) is 5.02 Å². The van der Waals surface area contributed by atoms with E-state index in [1.54, 1.807) is 0 Å². The van der Waals surface area contributed by atoms with E-state index in [-0.39, 0.29) is 28.3 Å². The number of sulfonamides is 1. The van der Waals surface area contributed by atoms with Crippen LogP contribution >= 0.6 is 11.6 Å². The summed E-state index contributed by atoms with van der Waals surface area (Å²) >= 11 is 5.90. The number of nitrogens with one attached hydrogen (secondary N) is 1. The van der Waals surface area contributed by atoms with E-state index in [0.717, 1.165) is 12.8 Å². The second-order valence-electron chi connectivity index (χ2n) is 4.70. The molecule has 2 heterocycles. The Morgan fingerprint density at radius 1 is 1.60 bits per heavy atom. The maximum Gasteiger partial charge on any atom is 0.244 e. The summed E-state index contributed by atoms with van der Waals surface area (Å²) in [6.45, 7) is 0.738. The van der Waals surface area contributed by atoms with Crippen molar-refractivity contribution in [1.29, 1.82) is 0 Å². The minimum Gasteiger partial charge on any atom is -0.396 e. The Balaban J connectivity index is 2.28. The molecule has 1 aliphatic rings. The minimum atomic E-state index is -3.65. The van der Waals surface area contributed by atoms with E-state index in [0.29, 0.717) is 13.1 Å². The predicted octanol–water partition coefficient (Wildman–Crippen LogP) is 0.414. The normalized spacial score (nSPS) is 20.9. The highest BCUT2D eigenvalue weighted by atomic mass is 35.5. The number of piperidine rings is 1. The fourth-order valence-corrected chi connectivity index (χ4v) is 4.02. The lowest BCUT2D eigenvalue weighted by Crippen LogP contribution is -2.40. The Hall–Kier alpha value is -0.930. The van der Waals surface area contributed by atoms with Gasteiger partial charge in [0, 0.05) is 25.9 Å². The van der Waals surface area contributed by atoms with Crippen LogP contribution in [0.25, 0.3) is 0 Å². The summed E-state index contributed by atoms with van der Waals surface area (Å²) in [7, 11) is -3.65. The molecule has 4 N–H and O–H groups in total. The van der Waals surface area contributed by atoms with Gasteiger partial charge in [-0.25, -0.2) is 19.2 Å². The number of aromatic nitrogens is 1. The van der Waals surface area contributed by atoms with Gasteiger partial charge in [-0.1, -0.05) is 11.6 Å². The maximum absolute atomic E-state index is 12.5. The van der Waals surface area contributed by atoms with Gasteiger partial charge in [-0.3, -0.25) is 0 Å². The summed E-state index contributed by atoms with van der Waals surface area (Å²) in [4.78, 5) is 3.90. The number of nitrogens with zero attached hydrogens (tertiary/aromatic N) is 2. The molecule has 1 aromatic rings. The monoisotopic (exact) mass is 320 g/mol. The topological polar surface area (TPSA) is 109 Å². The van der Waals surface area contributed by atoms with E-state index in [2.05, 4.69) is 10.4 Å². The molecule has 0 saturated carbocycles. The predicted molar refractivity (Wildman–Crippen MR) is 75.6 cm³/mol. The number of aliphatic hydroxyl groups excluding tert-OH is 1. The molecule has 20 heavy (non-hydrogen) atoms. The molecule has 112 valence electrons. The van der Waals surface area contributed by atoms with Crippen molar-refractivity contribution in [2.24, 2.45) is 11.8 Å². The quantitative estimate of drug-likeness (QED) is 0.548. The van der Waals surface area contributed by atoms with E-state index in [9.17, 15) is 13.5 Å². The van der Waals surface area contributed by atoms with Crippen LogP contribution in [0.3, 0.4) is 0 Å². The van der Waals surface area contributed by atoms with Crippen molar-refractivity contribution < 1.29 is 13.5 Å². The molecule has 1 saturated heterocycles. The lowest BCUT2D eigenvalue weighted by molar-refractivity contribution is 0.165. The zero-order chi connectivity index (χ0) is 14.8. The number of anilines is 1. The number of hydrazine groups is 1. The number of nitrogen functional groups attached to an aromatic ring is 1. The van der Waals surface area contributed by atoms with E-state index in [1.165, 1.54) is 16.6 Å². The van der Waals surface area contributed by atoms with Gasteiger partial charge < -0.3 is 10.5 Å². The summed E-state index contributed by atoms with van der Waals surface area (Å²) in [5.41, 5.74) is 2.29. The van der Waals surface area contributed by atoms with Gasteiger partial charge in [0.2, 0.25) is 10.0 Å². The first kappa shape index (κ1) is 15.5. The molecule has 1 aromatic heterocycles. The van der Waals surface area contributed by atoms with Gasteiger partial charge in [-0.15, -0.1) is 0 Å². The van der Waals surface area contributed by atoms with Crippen LogP contribution in [0.1, 0.15) is 12.8 Å². The highest BCUT2D eigenvalue weighted by molar-refractivity contribution is 7.89. The van der Waals surface area contributed by atoms with Crippen LogP contribution in [0, 0.1) is 5.92 Å². The first-order valence-electron chi connectivity index (χ1n) is 6.22. The van der Waals surface area contributed by atoms with Crippen LogP contribution in [0.4, 0.5) is 5.82 Å². The Bertz CT molecular complexity index is 581. The Kier molecular flexibility index (Phi) is 4.82. The van der Waals surface area contributed by atoms with Gasteiger partial charge in [0.1, 0.15) is 4.90 Å². The molecule has 1 unspecified atom stereocenters. The molecule has 0 radical (unpaired) electrons. The van der Waals surface area contributed by atoms with E-state index in [4.69, 9.17) is 17.4 Å². The number of aliphatic hydroxyl groups is 1. The number of pyridine rings is 1. The van der Waals surface area contributed by atoms with Crippen LogP contribution in [0.5, 0.6) is 0 Å². The zero-order valence-corrected chi connectivity index (χ0v) is 12.4. The molecule has 9 heteroatoms. The van der Waals surface area contributed by atoms with Crippen LogP contribution in [0.2, 0.25) is 5.02 Å². The summed E-state index contributed by atoms with van der Waals surface area (Å²) < 4.78 is 26.4. The van der Waals surface area contributed by atoms with Crippen LogP contribution < -0.4 is 11.3 Å². The van der Waals surface area contributed by atoms with Crippen molar-refractivity contribution in [2.45, 2.75) is 17.7 Å². The fraction of sp³-hybridized carbons (Fsp3) is 0.545. The Labute approximate surface area is 122 Å². The van der Waals surface area contributed by atoms with Crippen molar-refractivity contribution in [1.82, 2.24) is 9.29 Å². The lowest BCUT2D eigenvalue weighted by Gasteiger charge is -2.30. The Morgan fingerprint density at radius 2 is 2.35 bits per heavy atom. The zero-order valence-electron chi connectivity index (χ0n) is 10.8. The minimum absolute atomic E-state index is 0.0128. The second kappa shape index (κ2) is 6.23. The smallest absolute Gasteiger partial charge is 0.244 e. The van der Waals surface area contributed by atoms with Crippen molar-refractivity contribution in [3.05, 3.63) is 17.3 Å². The number of halogens is 1. The highest BCUT2D eigenvalue weighted by Crippen LogP contribution is 2.26. The second-order valence-corrected chi connectivity index (χ2v) is 7.04. The van der Waals surface area contributed by atoms with E-state index in [1.807, 2.05) is 0 Å². The van der Waals surface area contributed by atoms with Crippen LogP contribution in [0.15, 0.2) is 17.2 Å². The van der Waals surface area contributed by atoms with Gasteiger partial charge in [0.25, 0.3) is 0 Å². The van der Waals surface area contributed by atoms with Gasteiger partial charge in [0.15, 0.2) is 5.82 Å². The molecule has 0 amide bonds. The molecule has 1 fully saturated rings. The third-order valence-corrected chi connectivity index (χ3v) is 5.45. The summed E-state index contributed by atoms with van der Waals surface area (Å²) in [6, 6.07) is 1.32. The average molecular weight is 321 g/mol. The lowest BCUT2D eigenvalue weighted by atomic mass is 10.0. The summed E-state index contributed by atoms with van der Waals surface area (Å²) in [6.07, 6.45) is 2.78. The van der Waals surface area contributed by atoms with Gasteiger partial charge >= 0.3 is 0 Å². The average Bonchev–Trinajstić information content (AvgIpc) is 2.47. The number of hydrogen-bond donors (Lipinski definition) is 3. The summed E-state index contributed by atoms with van der Waals surface area (Å²) in [5.74, 6) is 5.40. The third-order valence-electron chi connectivity index (χ3n) is 3.33. The first-order valence-corrected chi connectivity index (χ1v) is 8.04. The molecular formula is C11H17ClN4O3S. The van der Waals surface area contributed by atoms with E-state index >= 15 is 0 Å². The SMILES string of the molecule is NNc1ncc(S(=O)(=O)N2CCCC(CO)C2)cc1Cl. The van der Waals surface area contributed by atoms with Gasteiger partial charge in [-0.2, -0.15) is 4.31 Å². The fourth-order valence-electron chi connectivity index (χ4n) is 2.21. The number of hydrogen-bond acceptors (Lipinski definition) is 6. The molecule has 7 nitrogen and oxygen atoms in total. The molecule has 1 atom stereocenters. The third kappa shape index (κ3) is 3.04. The van der Waals surface area contributed by atoms with Crippen LogP contribution in [-0.2, 0) is 10.0 Å². The number of nitrogens with two attached hydrogens (primary N) is 1. The standard InChI is InChI=1S/C11H17ClN4O3S/c12-10-4-9(5-14-11(10)15-13)20(18,19)16-3-1-2-8(6-16)7-17/h4-5,8,17H,1-3,6-7,13H2,(H,14,15). The first-order chi connectivity index (χ1) is 9.48. The molecule has 0 aromatic carbocycles. The van der Waals surface area contributed by atoms with Gasteiger partial charge in [-0.05, 0) is 24.8 Å². The molecule has 0 spiro atoms. The van der Waals surface area contributed by atoms with Crippen molar-refractivity contribution >= 4 is 27.4 Å². The summed E-state index contributed by atoms with van der Waals surface area (Å²) in [5, 5.41) is 9.32. The molecule has 0 aliphatic carbocycles.